The highest BCUT2D eigenvalue weighted by atomic mass is 16.5. The molecular formula is C17H35NO2. The van der Waals surface area contributed by atoms with Gasteiger partial charge in [0.15, 0.2) is 0 Å². The van der Waals surface area contributed by atoms with E-state index in [0.29, 0.717) is 0 Å². The Morgan fingerprint density at radius 1 is 0.850 bits per heavy atom. The molecule has 0 spiro atoms. The van der Waals surface area contributed by atoms with Crippen molar-refractivity contribution in [3.8, 4) is 0 Å². The molecule has 0 aromatic rings. The standard InChI is InChI=1S/C17H35NO2/c1-3-5-6-7-8-9-10-11-12-13-14-15-16(4-2)17(19)18-20/h16,20H,3-15H2,1-2H3,(H,18,19). The van der Waals surface area contributed by atoms with Gasteiger partial charge in [0.2, 0.25) is 5.91 Å². The van der Waals surface area contributed by atoms with E-state index in [4.69, 9.17) is 5.21 Å². The number of hydrogen-bond donors (Lipinski definition) is 2. The van der Waals surface area contributed by atoms with Crippen LogP contribution in [-0.2, 0) is 4.79 Å². The van der Waals surface area contributed by atoms with E-state index in [1.165, 1.54) is 64.2 Å². The molecule has 1 amide bonds. The first-order valence-electron chi connectivity index (χ1n) is 8.70. The van der Waals surface area contributed by atoms with Gasteiger partial charge in [-0.3, -0.25) is 10.0 Å². The quantitative estimate of drug-likeness (QED) is 0.261. The Balaban J connectivity index is 3.25. The van der Waals surface area contributed by atoms with E-state index >= 15 is 0 Å². The largest absolute Gasteiger partial charge is 0.289 e. The average molecular weight is 285 g/mol. The van der Waals surface area contributed by atoms with Gasteiger partial charge in [-0.2, -0.15) is 0 Å². The lowest BCUT2D eigenvalue weighted by Crippen LogP contribution is -2.27. The van der Waals surface area contributed by atoms with Crippen LogP contribution in [0, 0.1) is 5.92 Å². The molecule has 3 heteroatoms. The molecule has 0 saturated heterocycles. The van der Waals surface area contributed by atoms with Crippen molar-refractivity contribution >= 4 is 5.91 Å². The summed E-state index contributed by atoms with van der Waals surface area (Å²) in [5.41, 5.74) is 1.77. The molecule has 120 valence electrons. The molecule has 1 atom stereocenters. The summed E-state index contributed by atoms with van der Waals surface area (Å²) < 4.78 is 0. The summed E-state index contributed by atoms with van der Waals surface area (Å²) in [5, 5.41) is 8.61. The summed E-state index contributed by atoms with van der Waals surface area (Å²) >= 11 is 0. The number of hydroxylamine groups is 1. The van der Waals surface area contributed by atoms with Crippen molar-refractivity contribution in [2.45, 2.75) is 97.3 Å². The van der Waals surface area contributed by atoms with E-state index in [1.54, 1.807) is 5.48 Å². The summed E-state index contributed by atoms with van der Waals surface area (Å²) in [5.74, 6) is -0.238. The number of carbonyl (C=O) groups excluding carboxylic acids is 1. The normalized spacial score (nSPS) is 12.3. The number of unbranched alkanes of at least 4 members (excludes halogenated alkanes) is 10. The molecule has 1 unspecified atom stereocenters. The average Bonchev–Trinajstić information content (AvgIpc) is 2.48. The molecule has 0 aliphatic heterocycles. The predicted molar refractivity (Wildman–Crippen MR) is 84.8 cm³/mol. The third-order valence-corrected chi connectivity index (χ3v) is 4.13. The van der Waals surface area contributed by atoms with Crippen molar-refractivity contribution in [1.82, 2.24) is 5.48 Å². The van der Waals surface area contributed by atoms with Crippen LogP contribution in [0.25, 0.3) is 0 Å². The Labute approximate surface area is 125 Å². The lowest BCUT2D eigenvalue weighted by Gasteiger charge is -2.11. The highest BCUT2D eigenvalue weighted by Crippen LogP contribution is 2.16. The van der Waals surface area contributed by atoms with Crippen molar-refractivity contribution in [2.24, 2.45) is 5.92 Å². The molecule has 0 bridgehead atoms. The second-order valence-electron chi connectivity index (χ2n) is 5.91. The van der Waals surface area contributed by atoms with Crippen LogP contribution in [0.3, 0.4) is 0 Å². The van der Waals surface area contributed by atoms with Gasteiger partial charge in [-0.1, -0.05) is 84.5 Å². The summed E-state index contributed by atoms with van der Waals surface area (Å²) in [6.07, 6.45) is 16.3. The van der Waals surface area contributed by atoms with Gasteiger partial charge in [0.05, 0.1) is 0 Å². The minimum absolute atomic E-state index is 0.0152. The molecule has 0 saturated carbocycles. The van der Waals surface area contributed by atoms with Gasteiger partial charge in [0.25, 0.3) is 0 Å². The van der Waals surface area contributed by atoms with Crippen LogP contribution in [-0.4, -0.2) is 11.1 Å². The van der Waals surface area contributed by atoms with Crippen molar-refractivity contribution in [2.75, 3.05) is 0 Å². The van der Waals surface area contributed by atoms with Crippen LogP contribution < -0.4 is 5.48 Å². The molecule has 2 N–H and O–H groups in total. The van der Waals surface area contributed by atoms with Crippen LogP contribution in [0.5, 0.6) is 0 Å². The third-order valence-electron chi connectivity index (χ3n) is 4.13. The molecule has 20 heavy (non-hydrogen) atoms. The number of amides is 1. The number of rotatable bonds is 14. The van der Waals surface area contributed by atoms with Gasteiger partial charge in [0, 0.05) is 5.92 Å². The Bertz CT molecular complexity index is 219. The molecule has 0 radical (unpaired) electrons. The zero-order valence-electron chi connectivity index (χ0n) is 13.6. The Hall–Kier alpha value is -0.570. The van der Waals surface area contributed by atoms with Gasteiger partial charge in [-0.15, -0.1) is 0 Å². The number of nitrogens with one attached hydrogen (secondary N) is 1. The van der Waals surface area contributed by atoms with Crippen LogP contribution in [0.15, 0.2) is 0 Å². The second kappa shape index (κ2) is 14.8. The van der Waals surface area contributed by atoms with Gasteiger partial charge < -0.3 is 0 Å². The minimum atomic E-state index is -0.223. The minimum Gasteiger partial charge on any atom is -0.289 e. The van der Waals surface area contributed by atoms with Crippen molar-refractivity contribution in [1.29, 1.82) is 0 Å². The summed E-state index contributed by atoms with van der Waals surface area (Å²) in [7, 11) is 0. The monoisotopic (exact) mass is 285 g/mol. The van der Waals surface area contributed by atoms with Gasteiger partial charge >= 0.3 is 0 Å². The van der Waals surface area contributed by atoms with Crippen LogP contribution in [0.1, 0.15) is 97.3 Å². The highest BCUT2D eigenvalue weighted by Gasteiger charge is 2.14. The molecule has 0 aliphatic rings. The maximum Gasteiger partial charge on any atom is 0.246 e. The fourth-order valence-corrected chi connectivity index (χ4v) is 2.67. The predicted octanol–water partition coefficient (Wildman–Crippen LogP) is 5.22. The zero-order valence-corrected chi connectivity index (χ0v) is 13.6. The van der Waals surface area contributed by atoms with Gasteiger partial charge in [-0.25, -0.2) is 5.48 Å². The van der Waals surface area contributed by atoms with E-state index in [2.05, 4.69) is 6.92 Å². The molecule has 0 rings (SSSR count). The second-order valence-corrected chi connectivity index (χ2v) is 5.91. The van der Waals surface area contributed by atoms with Gasteiger partial charge in [0.1, 0.15) is 0 Å². The SMILES string of the molecule is CCCCCCCCCCCCCC(CC)C(=O)NO. The first-order chi connectivity index (χ1) is 9.76. The fraction of sp³-hybridized carbons (Fsp3) is 0.941. The summed E-state index contributed by atoms with van der Waals surface area (Å²) in [6, 6.07) is 0. The molecule has 0 fully saturated rings. The van der Waals surface area contributed by atoms with E-state index in [1.807, 2.05) is 6.92 Å². The first-order valence-corrected chi connectivity index (χ1v) is 8.70. The van der Waals surface area contributed by atoms with E-state index in [-0.39, 0.29) is 11.8 Å². The van der Waals surface area contributed by atoms with Crippen LogP contribution in [0.2, 0.25) is 0 Å². The maximum atomic E-state index is 11.3. The van der Waals surface area contributed by atoms with Crippen molar-refractivity contribution in [3.05, 3.63) is 0 Å². The maximum absolute atomic E-state index is 11.3. The van der Waals surface area contributed by atoms with Gasteiger partial charge in [-0.05, 0) is 12.8 Å². The van der Waals surface area contributed by atoms with E-state index in [0.717, 1.165) is 19.3 Å². The number of hydrogen-bond acceptors (Lipinski definition) is 2. The fourth-order valence-electron chi connectivity index (χ4n) is 2.67. The lowest BCUT2D eigenvalue weighted by atomic mass is 9.97. The van der Waals surface area contributed by atoms with E-state index < -0.39 is 0 Å². The lowest BCUT2D eigenvalue weighted by molar-refractivity contribution is -0.133. The summed E-state index contributed by atoms with van der Waals surface area (Å²) in [4.78, 5) is 11.3. The topological polar surface area (TPSA) is 49.3 Å². The molecular weight excluding hydrogens is 250 g/mol. The van der Waals surface area contributed by atoms with Crippen molar-refractivity contribution in [3.63, 3.8) is 0 Å². The summed E-state index contributed by atoms with van der Waals surface area (Å²) in [6.45, 7) is 4.26. The molecule has 0 aliphatic carbocycles. The first kappa shape index (κ1) is 19.4. The molecule has 3 nitrogen and oxygen atoms in total. The molecule has 0 heterocycles. The number of carbonyl (C=O) groups is 1. The Kier molecular flexibility index (Phi) is 14.4. The Morgan fingerprint density at radius 3 is 1.70 bits per heavy atom. The zero-order chi connectivity index (χ0) is 15.1. The van der Waals surface area contributed by atoms with Crippen molar-refractivity contribution < 1.29 is 10.0 Å². The van der Waals surface area contributed by atoms with E-state index in [9.17, 15) is 4.79 Å². The Morgan fingerprint density at radius 2 is 1.30 bits per heavy atom. The third kappa shape index (κ3) is 11.3. The van der Waals surface area contributed by atoms with Crippen LogP contribution >= 0.6 is 0 Å². The molecule has 0 aromatic heterocycles. The highest BCUT2D eigenvalue weighted by molar-refractivity contribution is 5.77. The smallest absolute Gasteiger partial charge is 0.246 e. The van der Waals surface area contributed by atoms with Crippen LogP contribution in [0.4, 0.5) is 0 Å². The molecule has 0 aromatic carbocycles.